The Morgan fingerprint density at radius 2 is 2.21 bits per heavy atom. The first kappa shape index (κ1) is 13.4. The molecule has 1 aromatic heterocycles. The quantitative estimate of drug-likeness (QED) is 0.592. The summed E-state index contributed by atoms with van der Waals surface area (Å²) in [4.78, 5) is 15.0. The first-order valence-electron chi connectivity index (χ1n) is 6.36. The molecular formula is C15H18N2O2. The van der Waals surface area contributed by atoms with Crippen molar-refractivity contribution in [3.8, 4) is 0 Å². The van der Waals surface area contributed by atoms with Gasteiger partial charge in [-0.2, -0.15) is 0 Å². The molecule has 0 aliphatic rings. The third-order valence-electron chi connectivity index (χ3n) is 2.77. The Kier molecular flexibility index (Phi) is 4.75. The van der Waals surface area contributed by atoms with Gasteiger partial charge in [0.1, 0.15) is 5.69 Å². The van der Waals surface area contributed by atoms with Crippen LogP contribution in [0.4, 0.5) is 0 Å². The summed E-state index contributed by atoms with van der Waals surface area (Å²) in [5.74, 6) is -0.108. The fourth-order valence-corrected chi connectivity index (χ4v) is 1.80. The van der Waals surface area contributed by atoms with E-state index in [1.165, 1.54) is 0 Å². The fourth-order valence-electron chi connectivity index (χ4n) is 1.80. The van der Waals surface area contributed by atoms with Crippen LogP contribution in [0.3, 0.4) is 0 Å². The first-order valence-corrected chi connectivity index (χ1v) is 6.36. The summed E-state index contributed by atoms with van der Waals surface area (Å²) < 4.78 is 5.32. The molecule has 0 fully saturated rings. The standard InChI is InChI=1S/C15H18N2O2/c1-2-3-9-19-10-8-16-15(18)14-11-12-6-4-5-7-13(12)17-14/h2,4-7,11,17H,1,3,8-10H2,(H,16,18). The average molecular weight is 258 g/mol. The van der Waals surface area contributed by atoms with E-state index in [0.717, 1.165) is 17.3 Å². The summed E-state index contributed by atoms with van der Waals surface area (Å²) in [6.45, 7) is 5.28. The van der Waals surface area contributed by atoms with Crippen LogP contribution >= 0.6 is 0 Å². The van der Waals surface area contributed by atoms with Gasteiger partial charge >= 0.3 is 0 Å². The molecule has 100 valence electrons. The highest BCUT2D eigenvalue weighted by molar-refractivity contribution is 5.97. The zero-order valence-electron chi connectivity index (χ0n) is 10.8. The van der Waals surface area contributed by atoms with Crippen molar-refractivity contribution in [2.24, 2.45) is 0 Å². The number of amides is 1. The summed E-state index contributed by atoms with van der Waals surface area (Å²) in [7, 11) is 0. The molecule has 4 nitrogen and oxygen atoms in total. The van der Waals surface area contributed by atoms with Gasteiger partial charge in [0.15, 0.2) is 0 Å². The number of nitrogens with one attached hydrogen (secondary N) is 2. The second kappa shape index (κ2) is 6.75. The number of aromatic nitrogens is 1. The molecule has 1 aromatic carbocycles. The van der Waals surface area contributed by atoms with Crippen LogP contribution in [-0.2, 0) is 4.74 Å². The van der Waals surface area contributed by atoms with Crippen LogP contribution in [0, 0.1) is 0 Å². The van der Waals surface area contributed by atoms with E-state index in [1.807, 2.05) is 36.4 Å². The molecule has 1 heterocycles. The number of para-hydroxylation sites is 1. The number of ether oxygens (including phenoxy) is 1. The van der Waals surface area contributed by atoms with Gasteiger partial charge in [-0.3, -0.25) is 4.79 Å². The maximum atomic E-state index is 11.9. The minimum Gasteiger partial charge on any atom is -0.379 e. The summed E-state index contributed by atoms with van der Waals surface area (Å²) >= 11 is 0. The Morgan fingerprint density at radius 3 is 3.00 bits per heavy atom. The second-order valence-corrected chi connectivity index (χ2v) is 4.22. The Balaban J connectivity index is 1.81. The van der Waals surface area contributed by atoms with Gasteiger partial charge < -0.3 is 15.0 Å². The van der Waals surface area contributed by atoms with Crippen molar-refractivity contribution < 1.29 is 9.53 Å². The molecule has 2 aromatic rings. The number of carbonyl (C=O) groups is 1. The van der Waals surface area contributed by atoms with Crippen LogP contribution in [0.1, 0.15) is 16.9 Å². The smallest absolute Gasteiger partial charge is 0.267 e. The molecule has 0 radical (unpaired) electrons. The lowest BCUT2D eigenvalue weighted by Gasteiger charge is -2.04. The minimum absolute atomic E-state index is 0.108. The zero-order valence-corrected chi connectivity index (χ0v) is 10.8. The molecule has 0 atom stereocenters. The number of carbonyl (C=O) groups excluding carboxylic acids is 1. The van der Waals surface area contributed by atoms with Crippen molar-refractivity contribution in [2.75, 3.05) is 19.8 Å². The number of rotatable bonds is 7. The van der Waals surface area contributed by atoms with E-state index in [4.69, 9.17) is 4.74 Å². The van der Waals surface area contributed by atoms with Crippen molar-refractivity contribution >= 4 is 16.8 Å². The molecule has 2 rings (SSSR count). The molecule has 2 N–H and O–H groups in total. The third-order valence-corrected chi connectivity index (χ3v) is 2.77. The van der Waals surface area contributed by atoms with E-state index in [0.29, 0.717) is 25.5 Å². The van der Waals surface area contributed by atoms with Crippen molar-refractivity contribution in [3.05, 3.63) is 48.7 Å². The number of H-pyrrole nitrogens is 1. The molecule has 1 amide bonds. The van der Waals surface area contributed by atoms with E-state index in [-0.39, 0.29) is 5.91 Å². The van der Waals surface area contributed by atoms with Gasteiger partial charge in [0, 0.05) is 17.4 Å². The summed E-state index contributed by atoms with van der Waals surface area (Å²) in [6.07, 6.45) is 2.64. The maximum absolute atomic E-state index is 11.9. The molecule has 0 aliphatic heterocycles. The van der Waals surface area contributed by atoms with Gasteiger partial charge in [0.25, 0.3) is 5.91 Å². The fraction of sp³-hybridized carbons (Fsp3) is 0.267. The highest BCUT2D eigenvalue weighted by Crippen LogP contribution is 2.14. The molecule has 0 saturated heterocycles. The van der Waals surface area contributed by atoms with Gasteiger partial charge in [-0.25, -0.2) is 0 Å². The lowest BCUT2D eigenvalue weighted by Crippen LogP contribution is -2.27. The number of aromatic amines is 1. The van der Waals surface area contributed by atoms with Crippen molar-refractivity contribution in [1.82, 2.24) is 10.3 Å². The van der Waals surface area contributed by atoms with Crippen LogP contribution in [0.2, 0.25) is 0 Å². The SMILES string of the molecule is C=CCCOCCNC(=O)c1cc2ccccc2[nH]1. The second-order valence-electron chi connectivity index (χ2n) is 4.22. The first-order chi connectivity index (χ1) is 9.31. The van der Waals surface area contributed by atoms with Crippen LogP contribution in [0.15, 0.2) is 43.0 Å². The van der Waals surface area contributed by atoms with Crippen LogP contribution < -0.4 is 5.32 Å². The molecule has 0 unspecified atom stereocenters. The molecule has 4 heteroatoms. The van der Waals surface area contributed by atoms with Crippen LogP contribution in [-0.4, -0.2) is 30.6 Å². The number of benzene rings is 1. The molecule has 19 heavy (non-hydrogen) atoms. The van der Waals surface area contributed by atoms with E-state index in [9.17, 15) is 4.79 Å². The number of fused-ring (bicyclic) bond motifs is 1. The van der Waals surface area contributed by atoms with Gasteiger partial charge in [0.05, 0.1) is 13.2 Å². The maximum Gasteiger partial charge on any atom is 0.267 e. The number of hydrogen-bond acceptors (Lipinski definition) is 2. The monoisotopic (exact) mass is 258 g/mol. The predicted molar refractivity (Wildman–Crippen MR) is 76.3 cm³/mol. The minimum atomic E-state index is -0.108. The largest absolute Gasteiger partial charge is 0.379 e. The Bertz CT molecular complexity index is 527. The molecular weight excluding hydrogens is 240 g/mol. The van der Waals surface area contributed by atoms with Crippen molar-refractivity contribution in [3.63, 3.8) is 0 Å². The zero-order chi connectivity index (χ0) is 13.5. The average Bonchev–Trinajstić information content (AvgIpc) is 2.86. The highest BCUT2D eigenvalue weighted by atomic mass is 16.5. The Labute approximate surface area is 112 Å². The summed E-state index contributed by atoms with van der Waals surface area (Å²) in [5.41, 5.74) is 1.54. The predicted octanol–water partition coefficient (Wildman–Crippen LogP) is 2.49. The number of hydrogen-bond donors (Lipinski definition) is 2. The van der Waals surface area contributed by atoms with Gasteiger partial charge in [-0.1, -0.05) is 24.3 Å². The third kappa shape index (κ3) is 3.69. The Morgan fingerprint density at radius 1 is 1.37 bits per heavy atom. The van der Waals surface area contributed by atoms with Gasteiger partial charge in [-0.05, 0) is 18.6 Å². The van der Waals surface area contributed by atoms with Gasteiger partial charge in [-0.15, -0.1) is 6.58 Å². The lowest BCUT2D eigenvalue weighted by molar-refractivity contribution is 0.0914. The van der Waals surface area contributed by atoms with Crippen LogP contribution in [0.25, 0.3) is 10.9 Å². The Hall–Kier alpha value is -2.07. The van der Waals surface area contributed by atoms with E-state index in [2.05, 4.69) is 16.9 Å². The molecule has 0 saturated carbocycles. The molecule has 0 aliphatic carbocycles. The van der Waals surface area contributed by atoms with Crippen molar-refractivity contribution in [2.45, 2.75) is 6.42 Å². The summed E-state index contributed by atoms with van der Waals surface area (Å²) in [5, 5.41) is 3.85. The summed E-state index contributed by atoms with van der Waals surface area (Å²) in [6, 6.07) is 9.66. The van der Waals surface area contributed by atoms with Crippen LogP contribution in [0.5, 0.6) is 0 Å². The highest BCUT2D eigenvalue weighted by Gasteiger charge is 2.08. The molecule has 0 bridgehead atoms. The van der Waals surface area contributed by atoms with E-state index in [1.54, 1.807) is 0 Å². The van der Waals surface area contributed by atoms with Crippen molar-refractivity contribution in [1.29, 1.82) is 0 Å². The topological polar surface area (TPSA) is 54.1 Å². The van der Waals surface area contributed by atoms with E-state index >= 15 is 0 Å². The van der Waals surface area contributed by atoms with Gasteiger partial charge in [0.2, 0.25) is 0 Å². The normalized spacial score (nSPS) is 10.5. The molecule has 0 spiro atoms. The lowest BCUT2D eigenvalue weighted by atomic mass is 10.2. The van der Waals surface area contributed by atoms with E-state index < -0.39 is 0 Å².